The van der Waals surface area contributed by atoms with Crippen molar-refractivity contribution in [2.45, 2.75) is 39.2 Å². The van der Waals surface area contributed by atoms with Gasteiger partial charge < -0.3 is 19.9 Å². The molecule has 7 nitrogen and oxygen atoms in total. The molecule has 1 unspecified atom stereocenters. The molecule has 0 radical (unpaired) electrons. The number of hydrogen-bond acceptors (Lipinski definition) is 4. The van der Waals surface area contributed by atoms with Gasteiger partial charge in [-0.1, -0.05) is 20.3 Å². The molecule has 0 spiro atoms. The van der Waals surface area contributed by atoms with Crippen molar-refractivity contribution in [3.05, 3.63) is 18.2 Å². The van der Waals surface area contributed by atoms with E-state index in [1.807, 2.05) is 0 Å². The fourth-order valence-corrected chi connectivity index (χ4v) is 2.13. The number of alkyl carbamates (subject to hydrolysis) is 1. The summed E-state index contributed by atoms with van der Waals surface area (Å²) in [4.78, 5) is 31.8. The normalized spacial score (nSPS) is 16.9. The van der Waals surface area contributed by atoms with Crippen molar-refractivity contribution in [2.75, 3.05) is 20.2 Å². The highest BCUT2D eigenvalue weighted by Crippen LogP contribution is 2.29. The standard InChI is InChI=1S/C11H16N4O3.C3H8/c1-18-11(17)14-7-9(16)15-6-2-3-8(15)10-12-4-5-13-10;1-3-2/h4-5,8H,2-3,6-7H2,1H3,(H,12,13)(H,14,17);3H2,1-2H3. The smallest absolute Gasteiger partial charge is 0.407 e. The van der Waals surface area contributed by atoms with Crippen LogP contribution in [0.4, 0.5) is 4.79 Å². The summed E-state index contributed by atoms with van der Waals surface area (Å²) in [6.07, 6.45) is 5.89. The molecule has 2 amide bonds. The van der Waals surface area contributed by atoms with Crippen molar-refractivity contribution in [3.8, 4) is 0 Å². The largest absolute Gasteiger partial charge is 0.453 e. The first-order chi connectivity index (χ1) is 10.1. The molecule has 2 N–H and O–H groups in total. The zero-order valence-electron chi connectivity index (χ0n) is 12.9. The number of rotatable bonds is 3. The lowest BCUT2D eigenvalue weighted by Gasteiger charge is -2.23. The number of H-pyrrole nitrogens is 1. The van der Waals surface area contributed by atoms with Crippen molar-refractivity contribution in [1.29, 1.82) is 0 Å². The first-order valence-corrected chi connectivity index (χ1v) is 7.24. The quantitative estimate of drug-likeness (QED) is 0.891. The van der Waals surface area contributed by atoms with Gasteiger partial charge in [-0.05, 0) is 12.8 Å². The topological polar surface area (TPSA) is 87.3 Å². The third kappa shape index (κ3) is 5.09. The Morgan fingerprint density at radius 2 is 2.24 bits per heavy atom. The van der Waals surface area contributed by atoms with Gasteiger partial charge in [0.25, 0.3) is 0 Å². The molecule has 0 aromatic carbocycles. The van der Waals surface area contributed by atoms with E-state index in [0.717, 1.165) is 18.7 Å². The highest BCUT2D eigenvalue weighted by molar-refractivity contribution is 5.82. The second kappa shape index (κ2) is 8.99. The Kier molecular flexibility index (Phi) is 7.28. The molecule has 7 heteroatoms. The summed E-state index contributed by atoms with van der Waals surface area (Å²) in [5.74, 6) is 0.665. The molecule has 0 aliphatic carbocycles. The molecule has 1 aliphatic rings. The summed E-state index contributed by atoms with van der Waals surface area (Å²) < 4.78 is 4.42. The first kappa shape index (κ1) is 17.0. The molecule has 2 heterocycles. The number of carbonyl (C=O) groups excluding carboxylic acids is 2. The Bertz CT molecular complexity index is 433. The second-order valence-corrected chi connectivity index (χ2v) is 4.77. The molecular formula is C14H24N4O3. The number of aromatic nitrogens is 2. The lowest BCUT2D eigenvalue weighted by molar-refractivity contribution is -0.131. The number of nitrogens with zero attached hydrogens (tertiary/aromatic N) is 2. The minimum atomic E-state index is -0.600. The van der Waals surface area contributed by atoms with E-state index in [0.29, 0.717) is 6.54 Å². The van der Waals surface area contributed by atoms with Gasteiger partial charge in [-0.2, -0.15) is 0 Å². The zero-order valence-corrected chi connectivity index (χ0v) is 12.9. The Hall–Kier alpha value is -2.05. The lowest BCUT2D eigenvalue weighted by Crippen LogP contribution is -2.40. The monoisotopic (exact) mass is 296 g/mol. The summed E-state index contributed by atoms with van der Waals surface area (Å²) >= 11 is 0. The van der Waals surface area contributed by atoms with Gasteiger partial charge in [-0.15, -0.1) is 0 Å². The van der Waals surface area contributed by atoms with Crippen molar-refractivity contribution < 1.29 is 14.3 Å². The van der Waals surface area contributed by atoms with Crippen LogP contribution < -0.4 is 5.32 Å². The van der Waals surface area contributed by atoms with Crippen LogP contribution in [0, 0.1) is 0 Å². The van der Waals surface area contributed by atoms with E-state index in [-0.39, 0.29) is 18.5 Å². The molecule has 1 fully saturated rings. The lowest BCUT2D eigenvalue weighted by atomic mass is 10.2. The SMILES string of the molecule is CCC.COC(=O)NCC(=O)N1CCCC1c1ncc[nH]1. The maximum absolute atomic E-state index is 12.0. The van der Waals surface area contributed by atoms with E-state index in [4.69, 9.17) is 0 Å². The average molecular weight is 296 g/mol. The highest BCUT2D eigenvalue weighted by Gasteiger charge is 2.31. The molecule has 1 aliphatic heterocycles. The van der Waals surface area contributed by atoms with Crippen LogP contribution in [-0.2, 0) is 9.53 Å². The first-order valence-electron chi connectivity index (χ1n) is 7.24. The Morgan fingerprint density at radius 1 is 1.52 bits per heavy atom. The van der Waals surface area contributed by atoms with Gasteiger partial charge >= 0.3 is 6.09 Å². The summed E-state index contributed by atoms with van der Waals surface area (Å²) in [6.45, 7) is 4.89. The van der Waals surface area contributed by atoms with E-state index in [1.165, 1.54) is 13.5 Å². The minimum absolute atomic E-state index is 0.0213. The van der Waals surface area contributed by atoms with Crippen molar-refractivity contribution >= 4 is 12.0 Å². The molecule has 21 heavy (non-hydrogen) atoms. The number of hydrogen-bond donors (Lipinski definition) is 2. The number of ether oxygens (including phenoxy) is 1. The van der Waals surface area contributed by atoms with Gasteiger partial charge in [0.2, 0.25) is 5.91 Å². The number of imidazole rings is 1. The molecule has 0 saturated carbocycles. The summed E-state index contributed by atoms with van der Waals surface area (Å²) in [5.41, 5.74) is 0. The number of methoxy groups -OCH3 is 1. The van der Waals surface area contributed by atoms with Gasteiger partial charge in [-0.3, -0.25) is 4.79 Å². The van der Waals surface area contributed by atoms with Gasteiger partial charge in [0.05, 0.1) is 13.2 Å². The van der Waals surface area contributed by atoms with E-state index in [9.17, 15) is 9.59 Å². The fraction of sp³-hybridized carbons (Fsp3) is 0.643. The van der Waals surface area contributed by atoms with Crippen LogP contribution >= 0.6 is 0 Å². The van der Waals surface area contributed by atoms with Crippen molar-refractivity contribution in [2.24, 2.45) is 0 Å². The van der Waals surface area contributed by atoms with Gasteiger partial charge in [-0.25, -0.2) is 9.78 Å². The van der Waals surface area contributed by atoms with Gasteiger partial charge in [0, 0.05) is 18.9 Å². The third-order valence-corrected chi connectivity index (χ3v) is 2.98. The Morgan fingerprint density at radius 3 is 2.81 bits per heavy atom. The summed E-state index contributed by atoms with van der Waals surface area (Å²) in [7, 11) is 1.27. The molecule has 2 rings (SSSR count). The van der Waals surface area contributed by atoms with E-state index < -0.39 is 6.09 Å². The van der Waals surface area contributed by atoms with Crippen LogP contribution in [0.15, 0.2) is 12.4 Å². The highest BCUT2D eigenvalue weighted by atomic mass is 16.5. The number of aromatic amines is 1. The third-order valence-electron chi connectivity index (χ3n) is 2.98. The summed E-state index contributed by atoms with van der Waals surface area (Å²) in [5, 5.41) is 2.39. The molecular weight excluding hydrogens is 272 g/mol. The average Bonchev–Trinajstić information content (AvgIpc) is 3.14. The fourth-order valence-electron chi connectivity index (χ4n) is 2.13. The number of likely N-dealkylation sites (tertiary alicyclic amines) is 1. The van der Waals surface area contributed by atoms with Crippen LogP contribution in [0.25, 0.3) is 0 Å². The maximum atomic E-state index is 12.0. The molecule has 1 aromatic rings. The van der Waals surface area contributed by atoms with Crippen LogP contribution in [0.5, 0.6) is 0 Å². The predicted octanol–water partition coefficient (Wildman–Crippen LogP) is 1.85. The maximum Gasteiger partial charge on any atom is 0.407 e. The Labute approximate surface area is 125 Å². The number of carbonyl (C=O) groups is 2. The zero-order chi connectivity index (χ0) is 15.7. The number of amides is 2. The predicted molar refractivity (Wildman–Crippen MR) is 78.6 cm³/mol. The molecule has 1 atom stereocenters. The number of nitrogens with one attached hydrogen (secondary N) is 2. The second-order valence-electron chi connectivity index (χ2n) is 4.77. The minimum Gasteiger partial charge on any atom is -0.453 e. The van der Waals surface area contributed by atoms with Gasteiger partial charge in [0.1, 0.15) is 12.4 Å². The summed E-state index contributed by atoms with van der Waals surface area (Å²) in [6, 6.07) is -0.0213. The molecule has 118 valence electrons. The van der Waals surface area contributed by atoms with Crippen molar-refractivity contribution in [1.82, 2.24) is 20.2 Å². The van der Waals surface area contributed by atoms with Crippen LogP contribution in [0.2, 0.25) is 0 Å². The van der Waals surface area contributed by atoms with E-state index in [2.05, 4.69) is 33.9 Å². The Balaban J connectivity index is 0.000000677. The van der Waals surface area contributed by atoms with E-state index >= 15 is 0 Å². The van der Waals surface area contributed by atoms with Crippen LogP contribution in [0.1, 0.15) is 45.0 Å². The molecule has 1 saturated heterocycles. The van der Waals surface area contributed by atoms with Crippen molar-refractivity contribution in [3.63, 3.8) is 0 Å². The van der Waals surface area contributed by atoms with E-state index in [1.54, 1.807) is 17.3 Å². The van der Waals surface area contributed by atoms with Gasteiger partial charge in [0.15, 0.2) is 0 Å². The van der Waals surface area contributed by atoms with Crippen LogP contribution in [0.3, 0.4) is 0 Å². The molecule has 0 bridgehead atoms. The van der Waals surface area contributed by atoms with Crippen LogP contribution in [-0.4, -0.2) is 47.1 Å². The molecule has 1 aromatic heterocycles.